The van der Waals surface area contributed by atoms with Gasteiger partial charge in [0.15, 0.2) is 9.04 Å². The highest BCUT2D eigenvalue weighted by Gasteiger charge is 2.42. The molecule has 1 unspecified atom stereocenters. The number of carboxylic acid groups (broad SMARTS) is 1. The summed E-state index contributed by atoms with van der Waals surface area (Å²) in [4.78, 5) is 16.1. The van der Waals surface area contributed by atoms with Crippen molar-refractivity contribution in [1.29, 1.82) is 0 Å². The maximum absolute atomic E-state index is 11.3. The van der Waals surface area contributed by atoms with Crippen molar-refractivity contribution in [3.8, 4) is 0 Å². The first-order chi connectivity index (χ1) is 15.1. The summed E-state index contributed by atoms with van der Waals surface area (Å²) in [5.74, 6) is -0.393. The highest BCUT2D eigenvalue weighted by Crippen LogP contribution is 2.40. The molecule has 1 heterocycles. The summed E-state index contributed by atoms with van der Waals surface area (Å²) in [7, 11) is 0.893. The lowest BCUT2D eigenvalue weighted by Crippen LogP contribution is -2.45. The fourth-order valence-corrected chi connectivity index (χ4v) is 5.63. The number of nitrogens with zero attached hydrogens (tertiary/aromatic N) is 2. The highest BCUT2D eigenvalue weighted by molar-refractivity contribution is 6.48. The summed E-state index contributed by atoms with van der Waals surface area (Å²) in [6, 6.07) is 17.9. The fraction of sp³-hybridized carbons (Fsp3) is 0.500. The Balaban J connectivity index is 1.90. The molecule has 1 fully saturated rings. The van der Waals surface area contributed by atoms with Crippen molar-refractivity contribution < 1.29 is 14.3 Å². The van der Waals surface area contributed by atoms with Gasteiger partial charge in [-0.2, -0.15) is 0 Å². The van der Waals surface area contributed by atoms with Crippen LogP contribution < -0.4 is 4.90 Å². The molecule has 6 heteroatoms. The van der Waals surface area contributed by atoms with Crippen molar-refractivity contribution in [3.05, 3.63) is 65.7 Å². The number of likely N-dealkylation sites (tertiary alicyclic amines) is 1. The van der Waals surface area contributed by atoms with Gasteiger partial charge in [0, 0.05) is 31.7 Å². The van der Waals surface area contributed by atoms with Gasteiger partial charge in [0.25, 0.3) is 0 Å². The lowest BCUT2D eigenvalue weighted by atomic mass is 9.79. The van der Waals surface area contributed by atoms with E-state index in [2.05, 4.69) is 75.0 Å². The first-order valence-electron chi connectivity index (χ1n) is 11.6. The number of hydrogen-bond acceptors (Lipinski definition) is 4. The zero-order valence-electron chi connectivity index (χ0n) is 20.3. The molecule has 2 aromatic rings. The molecule has 1 aliphatic heterocycles. The molecule has 0 saturated carbocycles. The third kappa shape index (κ3) is 5.80. The minimum atomic E-state index is -1.20. The number of aromatic carboxylic acids is 1. The second-order valence-corrected chi connectivity index (χ2v) is 12.6. The predicted molar refractivity (Wildman–Crippen MR) is 134 cm³/mol. The Morgan fingerprint density at radius 2 is 1.78 bits per heavy atom. The molecule has 0 aromatic heterocycles. The van der Waals surface area contributed by atoms with E-state index >= 15 is 0 Å². The second kappa shape index (κ2) is 10.2. The van der Waals surface area contributed by atoms with Crippen LogP contribution in [0.15, 0.2) is 54.6 Å². The Labute approximate surface area is 194 Å². The second-order valence-electron chi connectivity index (χ2n) is 10.2. The number of anilines is 1. The maximum Gasteiger partial charge on any atom is 0.335 e. The summed E-state index contributed by atoms with van der Waals surface area (Å²) >= 11 is 0. The molecule has 0 aliphatic carbocycles. The quantitative estimate of drug-likeness (QED) is 0.552. The van der Waals surface area contributed by atoms with Crippen molar-refractivity contribution in [2.24, 2.45) is 11.3 Å². The monoisotopic (exact) mass is 454 g/mol. The Bertz CT molecular complexity index is 880. The Kier molecular flexibility index (Phi) is 7.80. The number of benzene rings is 2. The topological polar surface area (TPSA) is 53.0 Å². The van der Waals surface area contributed by atoms with Crippen LogP contribution in [0.3, 0.4) is 0 Å². The lowest BCUT2D eigenvalue weighted by Gasteiger charge is -2.39. The van der Waals surface area contributed by atoms with Crippen molar-refractivity contribution in [3.63, 3.8) is 0 Å². The molecule has 2 aromatic carbocycles. The number of carbonyl (C=O) groups is 1. The predicted octanol–water partition coefficient (Wildman–Crippen LogP) is 5.26. The SMILES string of the molecule is CN(c1ccc(C(=O)O)cc1)[C@H](CN1CC[C@@H](C(C)(C)C)C1O[SiH](C)C)c1ccccc1. The van der Waals surface area contributed by atoms with Gasteiger partial charge in [0.2, 0.25) is 0 Å². The van der Waals surface area contributed by atoms with Crippen LogP contribution in [0.25, 0.3) is 0 Å². The molecule has 3 rings (SSSR count). The van der Waals surface area contributed by atoms with Gasteiger partial charge in [-0.05, 0) is 54.8 Å². The van der Waals surface area contributed by atoms with E-state index in [1.807, 2.05) is 18.2 Å². The van der Waals surface area contributed by atoms with E-state index in [1.165, 1.54) is 5.56 Å². The van der Waals surface area contributed by atoms with E-state index in [4.69, 9.17) is 4.43 Å². The van der Waals surface area contributed by atoms with E-state index in [0.717, 1.165) is 25.2 Å². The first-order valence-corrected chi connectivity index (χ1v) is 14.4. The van der Waals surface area contributed by atoms with Gasteiger partial charge in [0.1, 0.15) is 6.23 Å². The summed E-state index contributed by atoms with van der Waals surface area (Å²) in [5, 5.41) is 9.25. The smallest absolute Gasteiger partial charge is 0.335 e. The van der Waals surface area contributed by atoms with Crippen LogP contribution in [-0.4, -0.2) is 51.4 Å². The van der Waals surface area contributed by atoms with E-state index in [9.17, 15) is 9.90 Å². The van der Waals surface area contributed by atoms with Gasteiger partial charge in [0.05, 0.1) is 11.6 Å². The van der Waals surface area contributed by atoms with Crippen molar-refractivity contribution in [1.82, 2.24) is 4.90 Å². The standard InChI is InChI=1S/C26H38N2O3Si/c1-26(2,3)22-16-17-28(24(22)31-32(5)6)18-23(19-10-8-7-9-11-19)27(4)21-14-12-20(13-15-21)25(29)30/h7-15,22-24,32H,16-18H2,1-6H3,(H,29,30)/t22-,23-,24?/m1/s1. The molecule has 174 valence electrons. The van der Waals surface area contributed by atoms with E-state index < -0.39 is 15.0 Å². The van der Waals surface area contributed by atoms with Gasteiger partial charge in [-0.1, -0.05) is 51.1 Å². The Morgan fingerprint density at radius 3 is 2.31 bits per heavy atom. The maximum atomic E-state index is 11.3. The molecular formula is C26H38N2O3Si. The number of hydrogen-bond donors (Lipinski definition) is 1. The van der Waals surface area contributed by atoms with Gasteiger partial charge < -0.3 is 14.4 Å². The average molecular weight is 455 g/mol. The van der Waals surface area contributed by atoms with Crippen molar-refractivity contribution >= 4 is 20.7 Å². The summed E-state index contributed by atoms with van der Waals surface area (Å²) in [6.45, 7) is 13.4. The fourth-order valence-electron chi connectivity index (χ4n) is 4.71. The van der Waals surface area contributed by atoms with Crippen molar-refractivity contribution in [2.45, 2.75) is 52.6 Å². The first kappa shape index (κ1) is 24.5. The third-order valence-electron chi connectivity index (χ3n) is 6.54. The van der Waals surface area contributed by atoms with E-state index in [1.54, 1.807) is 12.1 Å². The van der Waals surface area contributed by atoms with Crippen LogP contribution in [-0.2, 0) is 4.43 Å². The van der Waals surface area contributed by atoms with Crippen LogP contribution in [0, 0.1) is 11.3 Å². The molecular weight excluding hydrogens is 416 g/mol. The molecule has 32 heavy (non-hydrogen) atoms. The molecule has 1 aliphatic rings. The Hall–Kier alpha value is -2.15. The number of rotatable bonds is 8. The van der Waals surface area contributed by atoms with E-state index in [-0.39, 0.29) is 17.7 Å². The molecule has 0 bridgehead atoms. The molecule has 1 saturated heterocycles. The highest BCUT2D eigenvalue weighted by atomic mass is 28.3. The zero-order chi connectivity index (χ0) is 23.5. The normalized spacial score (nSPS) is 20.5. The van der Waals surface area contributed by atoms with Gasteiger partial charge >= 0.3 is 5.97 Å². The van der Waals surface area contributed by atoms with Gasteiger partial charge in [-0.3, -0.25) is 4.90 Å². The third-order valence-corrected chi connectivity index (χ3v) is 7.36. The Morgan fingerprint density at radius 1 is 1.16 bits per heavy atom. The minimum Gasteiger partial charge on any atom is -0.478 e. The molecule has 0 amide bonds. The number of carboxylic acids is 1. The van der Waals surface area contributed by atoms with Crippen LogP contribution in [0.4, 0.5) is 5.69 Å². The van der Waals surface area contributed by atoms with Crippen LogP contribution in [0.2, 0.25) is 13.1 Å². The van der Waals surface area contributed by atoms with Gasteiger partial charge in [-0.25, -0.2) is 4.79 Å². The molecule has 3 atom stereocenters. The molecule has 0 radical (unpaired) electrons. The summed E-state index contributed by atoms with van der Waals surface area (Å²) < 4.78 is 6.61. The van der Waals surface area contributed by atoms with Crippen LogP contribution in [0.5, 0.6) is 0 Å². The largest absolute Gasteiger partial charge is 0.478 e. The summed E-state index contributed by atoms with van der Waals surface area (Å²) in [5.41, 5.74) is 2.76. The zero-order valence-corrected chi connectivity index (χ0v) is 21.4. The summed E-state index contributed by atoms with van der Waals surface area (Å²) in [6.07, 6.45) is 1.30. The minimum absolute atomic E-state index is 0.130. The van der Waals surface area contributed by atoms with Crippen LogP contribution in [0.1, 0.15) is 49.2 Å². The van der Waals surface area contributed by atoms with Crippen molar-refractivity contribution in [2.75, 3.05) is 25.0 Å². The van der Waals surface area contributed by atoms with Gasteiger partial charge in [-0.15, -0.1) is 0 Å². The van der Waals surface area contributed by atoms with Crippen LogP contribution >= 0.6 is 0 Å². The molecule has 5 nitrogen and oxygen atoms in total. The molecule has 0 spiro atoms. The lowest BCUT2D eigenvalue weighted by molar-refractivity contribution is -0.00814. The average Bonchev–Trinajstić information content (AvgIpc) is 3.14. The van der Waals surface area contributed by atoms with E-state index in [0.29, 0.717) is 11.5 Å². The molecule has 1 N–H and O–H groups in total. The number of likely N-dealkylation sites (N-methyl/N-ethyl adjacent to an activating group) is 1.